The molecule has 0 aromatic heterocycles. The van der Waals surface area contributed by atoms with Gasteiger partial charge in [-0.15, -0.1) is 0 Å². The third-order valence-electron chi connectivity index (χ3n) is 3.13. The number of benzene rings is 1. The number of rotatable bonds is 4. The first-order chi connectivity index (χ1) is 11.2. The second kappa shape index (κ2) is 14.2. The zero-order valence-electron chi connectivity index (χ0n) is 15.5. The quantitative estimate of drug-likeness (QED) is 0.922. The maximum Gasteiger partial charge on any atom is 0.251 e. The van der Waals surface area contributed by atoms with Gasteiger partial charge in [0.05, 0.1) is 13.2 Å². The number of carbonyl (C=O) groups is 1. The molecule has 132 valence electrons. The number of hydrogen-bond acceptors (Lipinski definition) is 3. The number of nitrogens with zero attached hydrogens (tertiary/aromatic N) is 1. The van der Waals surface area contributed by atoms with Crippen LogP contribution in [0.1, 0.15) is 50.0 Å². The highest BCUT2D eigenvalue weighted by atomic mass is 16.5. The SMILES string of the molecule is CC.CCC.Cc1ccc(C(=O)NCCN2CCOCC2)cc1. The monoisotopic (exact) mass is 322 g/mol. The number of carbonyl (C=O) groups excluding carboxylic acids is 1. The van der Waals surface area contributed by atoms with Crippen molar-refractivity contribution in [3.63, 3.8) is 0 Å². The lowest BCUT2D eigenvalue weighted by Gasteiger charge is -2.26. The van der Waals surface area contributed by atoms with Gasteiger partial charge in [-0.2, -0.15) is 0 Å². The Morgan fingerprint density at radius 3 is 2.17 bits per heavy atom. The van der Waals surface area contributed by atoms with Crippen LogP contribution in [0.2, 0.25) is 0 Å². The summed E-state index contributed by atoms with van der Waals surface area (Å²) in [5.74, 6) is 0.00302. The molecule has 1 aliphatic heterocycles. The summed E-state index contributed by atoms with van der Waals surface area (Å²) in [6.45, 7) is 15.4. The summed E-state index contributed by atoms with van der Waals surface area (Å²) < 4.78 is 5.28. The van der Waals surface area contributed by atoms with E-state index in [1.54, 1.807) is 0 Å². The first kappa shape index (κ1) is 21.6. The molecule has 23 heavy (non-hydrogen) atoms. The van der Waals surface area contributed by atoms with E-state index in [-0.39, 0.29) is 5.91 Å². The molecule has 1 amide bonds. The van der Waals surface area contributed by atoms with Crippen molar-refractivity contribution in [1.29, 1.82) is 0 Å². The van der Waals surface area contributed by atoms with Crippen molar-refractivity contribution in [2.75, 3.05) is 39.4 Å². The normalized spacial score (nSPS) is 14.0. The van der Waals surface area contributed by atoms with Gasteiger partial charge in [0, 0.05) is 31.7 Å². The van der Waals surface area contributed by atoms with Gasteiger partial charge in [0.15, 0.2) is 0 Å². The van der Waals surface area contributed by atoms with Crippen molar-refractivity contribution >= 4 is 5.91 Å². The molecular formula is C19H34N2O2. The molecule has 1 aromatic rings. The second-order valence-electron chi connectivity index (χ2n) is 5.28. The molecular weight excluding hydrogens is 288 g/mol. The highest BCUT2D eigenvalue weighted by Gasteiger charge is 2.10. The summed E-state index contributed by atoms with van der Waals surface area (Å²) in [5.41, 5.74) is 1.89. The summed E-state index contributed by atoms with van der Waals surface area (Å²) in [7, 11) is 0. The van der Waals surface area contributed by atoms with Crippen LogP contribution in [-0.4, -0.2) is 50.2 Å². The first-order valence-corrected chi connectivity index (χ1v) is 8.82. The molecule has 0 aliphatic carbocycles. The Labute approximate surface area is 142 Å². The van der Waals surface area contributed by atoms with Crippen molar-refractivity contribution in [3.05, 3.63) is 35.4 Å². The van der Waals surface area contributed by atoms with E-state index in [0.29, 0.717) is 6.54 Å². The van der Waals surface area contributed by atoms with E-state index in [0.717, 1.165) is 38.4 Å². The van der Waals surface area contributed by atoms with Crippen molar-refractivity contribution in [2.45, 2.75) is 41.0 Å². The number of nitrogens with one attached hydrogen (secondary N) is 1. The number of hydrogen-bond donors (Lipinski definition) is 1. The second-order valence-corrected chi connectivity index (χ2v) is 5.28. The third kappa shape index (κ3) is 10.1. The van der Waals surface area contributed by atoms with Crippen LogP contribution in [0.15, 0.2) is 24.3 Å². The summed E-state index contributed by atoms with van der Waals surface area (Å²) >= 11 is 0. The molecule has 4 heteroatoms. The van der Waals surface area contributed by atoms with E-state index < -0.39 is 0 Å². The largest absolute Gasteiger partial charge is 0.379 e. The first-order valence-electron chi connectivity index (χ1n) is 8.82. The van der Waals surface area contributed by atoms with Crippen molar-refractivity contribution in [1.82, 2.24) is 10.2 Å². The van der Waals surface area contributed by atoms with Gasteiger partial charge < -0.3 is 10.1 Å². The number of amides is 1. The third-order valence-corrected chi connectivity index (χ3v) is 3.13. The van der Waals surface area contributed by atoms with Crippen LogP contribution >= 0.6 is 0 Å². The van der Waals surface area contributed by atoms with Crippen LogP contribution in [-0.2, 0) is 4.74 Å². The Bertz CT molecular complexity index is 398. The van der Waals surface area contributed by atoms with Gasteiger partial charge in [-0.05, 0) is 19.1 Å². The molecule has 0 saturated carbocycles. The Hall–Kier alpha value is -1.39. The van der Waals surface area contributed by atoms with Gasteiger partial charge in [-0.3, -0.25) is 9.69 Å². The van der Waals surface area contributed by atoms with Crippen LogP contribution in [0, 0.1) is 6.92 Å². The minimum Gasteiger partial charge on any atom is -0.379 e. The minimum atomic E-state index is 0.00302. The van der Waals surface area contributed by atoms with Gasteiger partial charge in [0.1, 0.15) is 0 Å². The van der Waals surface area contributed by atoms with Crippen molar-refractivity contribution in [3.8, 4) is 0 Å². The van der Waals surface area contributed by atoms with Crippen LogP contribution in [0.4, 0.5) is 0 Å². The zero-order valence-corrected chi connectivity index (χ0v) is 15.5. The van der Waals surface area contributed by atoms with Gasteiger partial charge in [0.25, 0.3) is 5.91 Å². The van der Waals surface area contributed by atoms with Gasteiger partial charge >= 0.3 is 0 Å². The molecule has 0 atom stereocenters. The molecule has 2 rings (SSSR count). The van der Waals surface area contributed by atoms with E-state index in [9.17, 15) is 4.79 Å². The lowest BCUT2D eigenvalue weighted by molar-refractivity contribution is 0.0383. The zero-order chi connectivity index (χ0) is 17.5. The van der Waals surface area contributed by atoms with E-state index in [4.69, 9.17) is 4.74 Å². The summed E-state index contributed by atoms with van der Waals surface area (Å²) in [5, 5.41) is 2.94. The molecule has 0 unspecified atom stereocenters. The molecule has 0 radical (unpaired) electrons. The fourth-order valence-electron chi connectivity index (χ4n) is 1.96. The average Bonchev–Trinajstić information content (AvgIpc) is 2.59. The predicted molar refractivity (Wildman–Crippen MR) is 98.1 cm³/mol. The van der Waals surface area contributed by atoms with Crippen LogP contribution in [0.25, 0.3) is 0 Å². The lowest BCUT2D eigenvalue weighted by atomic mass is 10.1. The number of ether oxygens (including phenoxy) is 1. The topological polar surface area (TPSA) is 41.6 Å². The molecule has 0 bridgehead atoms. The minimum absolute atomic E-state index is 0.00302. The fraction of sp³-hybridized carbons (Fsp3) is 0.632. The van der Waals surface area contributed by atoms with Crippen LogP contribution < -0.4 is 5.32 Å². The molecule has 1 aliphatic rings. The number of morpholine rings is 1. The van der Waals surface area contributed by atoms with Gasteiger partial charge in [0.2, 0.25) is 0 Å². The van der Waals surface area contributed by atoms with E-state index >= 15 is 0 Å². The molecule has 0 spiro atoms. The van der Waals surface area contributed by atoms with E-state index in [2.05, 4.69) is 24.1 Å². The van der Waals surface area contributed by atoms with Crippen LogP contribution in [0.3, 0.4) is 0 Å². The smallest absolute Gasteiger partial charge is 0.251 e. The highest BCUT2D eigenvalue weighted by Crippen LogP contribution is 2.02. The summed E-state index contributed by atoms with van der Waals surface area (Å²) in [6, 6.07) is 7.63. The molecule has 4 nitrogen and oxygen atoms in total. The number of aryl methyl sites for hydroxylation is 1. The van der Waals surface area contributed by atoms with Crippen LogP contribution in [0.5, 0.6) is 0 Å². The standard InChI is InChI=1S/C14H20N2O2.C3H8.C2H6/c1-12-2-4-13(5-3-12)14(17)15-6-7-16-8-10-18-11-9-16;1-3-2;1-2/h2-5H,6-11H2,1H3,(H,15,17);3H2,1-2H3;1-2H3. The average molecular weight is 322 g/mol. The molecule has 1 heterocycles. The maximum absolute atomic E-state index is 11.8. The van der Waals surface area contributed by atoms with Gasteiger partial charge in [-0.1, -0.05) is 51.8 Å². The molecule has 1 fully saturated rings. The lowest BCUT2D eigenvalue weighted by Crippen LogP contribution is -2.41. The molecule has 1 aromatic carbocycles. The fourth-order valence-corrected chi connectivity index (χ4v) is 1.96. The molecule has 1 saturated heterocycles. The summed E-state index contributed by atoms with van der Waals surface area (Å²) in [6.07, 6.45) is 1.25. The predicted octanol–water partition coefficient (Wildman–Crippen LogP) is 3.50. The van der Waals surface area contributed by atoms with Crippen molar-refractivity contribution < 1.29 is 9.53 Å². The van der Waals surface area contributed by atoms with Crippen molar-refractivity contribution in [2.24, 2.45) is 0 Å². The van der Waals surface area contributed by atoms with E-state index in [1.807, 2.05) is 45.0 Å². The Morgan fingerprint density at radius 2 is 1.65 bits per heavy atom. The molecule has 1 N–H and O–H groups in total. The van der Waals surface area contributed by atoms with Gasteiger partial charge in [-0.25, -0.2) is 0 Å². The Morgan fingerprint density at radius 1 is 1.13 bits per heavy atom. The Balaban J connectivity index is 0.000000868. The Kier molecular flexibility index (Phi) is 13.4. The highest BCUT2D eigenvalue weighted by molar-refractivity contribution is 5.94. The summed E-state index contributed by atoms with van der Waals surface area (Å²) in [4.78, 5) is 14.1. The van der Waals surface area contributed by atoms with E-state index in [1.165, 1.54) is 12.0 Å². The maximum atomic E-state index is 11.8.